The van der Waals surface area contributed by atoms with Crippen LogP contribution in [0.15, 0.2) is 24.3 Å². The molecule has 1 aromatic carbocycles. The average molecular weight is 250 g/mol. The van der Waals surface area contributed by atoms with Gasteiger partial charge in [0.1, 0.15) is 5.82 Å². The van der Waals surface area contributed by atoms with Crippen molar-refractivity contribution in [1.29, 1.82) is 0 Å². The van der Waals surface area contributed by atoms with Gasteiger partial charge in [0.15, 0.2) is 0 Å². The summed E-state index contributed by atoms with van der Waals surface area (Å²) in [7, 11) is 0. The van der Waals surface area contributed by atoms with Crippen molar-refractivity contribution in [1.82, 2.24) is 14.8 Å². The molecule has 0 saturated carbocycles. The second-order valence-electron chi connectivity index (χ2n) is 5.21. The second-order valence-corrected chi connectivity index (χ2v) is 5.55. The molecule has 1 heterocycles. The first-order valence-corrected chi connectivity index (χ1v) is 5.96. The van der Waals surface area contributed by atoms with E-state index in [1.165, 1.54) is 5.56 Å². The molecule has 2 rings (SSSR count). The Balaban J connectivity index is 2.59. The van der Waals surface area contributed by atoms with Crippen molar-refractivity contribution in [3.63, 3.8) is 0 Å². The summed E-state index contributed by atoms with van der Waals surface area (Å²) in [6, 6.07) is 8.16. The van der Waals surface area contributed by atoms with Gasteiger partial charge in [-0.25, -0.2) is 0 Å². The smallest absolute Gasteiger partial charge is 0.229 e. The standard InChI is InChI=1S/C13H16ClN3/c1-9-5-7-10(8-6-9)17-11(13(2,3)4)15-16-12(17)14/h5-8H,1-4H3. The van der Waals surface area contributed by atoms with Crippen LogP contribution in [0.25, 0.3) is 5.69 Å². The Labute approximate surface area is 106 Å². The van der Waals surface area contributed by atoms with Crippen molar-refractivity contribution < 1.29 is 0 Å². The maximum absolute atomic E-state index is 6.11. The molecule has 0 bridgehead atoms. The maximum Gasteiger partial charge on any atom is 0.229 e. The topological polar surface area (TPSA) is 30.7 Å². The van der Waals surface area contributed by atoms with Crippen molar-refractivity contribution in [3.8, 4) is 5.69 Å². The molecule has 0 radical (unpaired) electrons. The molecular formula is C13H16ClN3. The van der Waals surface area contributed by atoms with Gasteiger partial charge in [0.2, 0.25) is 5.28 Å². The third-order valence-electron chi connectivity index (χ3n) is 2.59. The molecule has 90 valence electrons. The lowest BCUT2D eigenvalue weighted by atomic mass is 9.95. The summed E-state index contributed by atoms with van der Waals surface area (Å²) in [5, 5.41) is 8.53. The van der Waals surface area contributed by atoms with Crippen LogP contribution in [0.2, 0.25) is 5.28 Å². The Kier molecular flexibility index (Phi) is 2.96. The second kappa shape index (κ2) is 4.15. The Morgan fingerprint density at radius 2 is 1.65 bits per heavy atom. The normalized spacial score (nSPS) is 11.8. The predicted molar refractivity (Wildman–Crippen MR) is 69.8 cm³/mol. The van der Waals surface area contributed by atoms with Gasteiger partial charge in [-0.05, 0) is 30.7 Å². The van der Waals surface area contributed by atoms with Gasteiger partial charge in [0.05, 0.1) is 0 Å². The zero-order valence-corrected chi connectivity index (χ0v) is 11.3. The van der Waals surface area contributed by atoms with Gasteiger partial charge in [-0.15, -0.1) is 10.2 Å². The molecule has 0 aliphatic carbocycles. The predicted octanol–water partition coefficient (Wildman–Crippen LogP) is 3.53. The molecule has 1 aromatic heterocycles. The van der Waals surface area contributed by atoms with E-state index in [0.717, 1.165) is 11.5 Å². The Morgan fingerprint density at radius 3 is 2.18 bits per heavy atom. The molecule has 0 saturated heterocycles. The molecular weight excluding hydrogens is 234 g/mol. The molecule has 4 heteroatoms. The van der Waals surface area contributed by atoms with Crippen LogP contribution < -0.4 is 0 Å². The Bertz CT molecular complexity index is 521. The van der Waals surface area contributed by atoms with Crippen molar-refractivity contribution in [2.45, 2.75) is 33.1 Å². The van der Waals surface area contributed by atoms with Gasteiger partial charge in [0.25, 0.3) is 0 Å². The summed E-state index contributed by atoms with van der Waals surface area (Å²) in [4.78, 5) is 0. The van der Waals surface area contributed by atoms with Crippen molar-refractivity contribution in [3.05, 3.63) is 40.9 Å². The average Bonchev–Trinajstić information content (AvgIpc) is 2.61. The molecule has 0 aliphatic rings. The molecule has 0 atom stereocenters. The van der Waals surface area contributed by atoms with Gasteiger partial charge in [-0.1, -0.05) is 38.5 Å². The fourth-order valence-electron chi connectivity index (χ4n) is 1.67. The third-order valence-corrected chi connectivity index (χ3v) is 2.83. The van der Waals surface area contributed by atoms with Gasteiger partial charge in [-0.3, -0.25) is 4.57 Å². The lowest BCUT2D eigenvalue weighted by Crippen LogP contribution is -2.18. The third kappa shape index (κ3) is 2.34. The number of benzene rings is 1. The van der Waals surface area contributed by atoms with Crippen molar-refractivity contribution in [2.75, 3.05) is 0 Å². The number of hydrogen-bond donors (Lipinski definition) is 0. The SMILES string of the molecule is Cc1ccc(-n2c(Cl)nnc2C(C)(C)C)cc1. The minimum absolute atomic E-state index is 0.0922. The van der Waals surface area contributed by atoms with Crippen LogP contribution in [-0.4, -0.2) is 14.8 Å². The molecule has 0 aliphatic heterocycles. The van der Waals surface area contributed by atoms with Gasteiger partial charge in [-0.2, -0.15) is 0 Å². The summed E-state index contributed by atoms with van der Waals surface area (Å²) in [6.45, 7) is 8.34. The number of rotatable bonds is 1. The van der Waals surface area contributed by atoms with Crippen LogP contribution in [0.1, 0.15) is 32.2 Å². The van der Waals surface area contributed by atoms with Crippen molar-refractivity contribution in [2.24, 2.45) is 0 Å². The molecule has 0 unspecified atom stereocenters. The van der Waals surface area contributed by atoms with Gasteiger partial charge < -0.3 is 0 Å². The molecule has 17 heavy (non-hydrogen) atoms. The highest BCUT2D eigenvalue weighted by Gasteiger charge is 2.23. The lowest BCUT2D eigenvalue weighted by Gasteiger charge is -2.19. The van der Waals surface area contributed by atoms with Crippen LogP contribution in [0, 0.1) is 6.92 Å². The summed E-state index contributed by atoms with van der Waals surface area (Å²) in [6.07, 6.45) is 0. The fraction of sp³-hybridized carbons (Fsp3) is 0.385. The molecule has 0 fully saturated rings. The zero-order chi connectivity index (χ0) is 12.6. The van der Waals surface area contributed by atoms with E-state index >= 15 is 0 Å². The van der Waals surface area contributed by atoms with E-state index in [2.05, 4.69) is 50.0 Å². The molecule has 0 amide bonds. The van der Waals surface area contributed by atoms with Crippen LogP contribution in [0.5, 0.6) is 0 Å². The summed E-state index contributed by atoms with van der Waals surface area (Å²) in [5.41, 5.74) is 2.12. The monoisotopic (exact) mass is 249 g/mol. The van der Waals surface area contributed by atoms with E-state index in [-0.39, 0.29) is 5.41 Å². The highest BCUT2D eigenvalue weighted by Crippen LogP contribution is 2.26. The number of nitrogens with zero attached hydrogens (tertiary/aromatic N) is 3. The van der Waals surface area contributed by atoms with Crippen LogP contribution in [0.4, 0.5) is 0 Å². The van der Waals surface area contributed by atoms with Crippen molar-refractivity contribution >= 4 is 11.6 Å². The Hall–Kier alpha value is -1.35. The molecule has 0 spiro atoms. The number of hydrogen-bond acceptors (Lipinski definition) is 2. The highest BCUT2D eigenvalue weighted by atomic mass is 35.5. The van der Waals surface area contributed by atoms with Crippen LogP contribution >= 0.6 is 11.6 Å². The molecule has 3 nitrogen and oxygen atoms in total. The van der Waals surface area contributed by atoms with Gasteiger partial charge in [0, 0.05) is 11.1 Å². The largest absolute Gasteiger partial charge is 0.269 e. The number of halogens is 1. The minimum Gasteiger partial charge on any atom is -0.269 e. The number of aryl methyl sites for hydroxylation is 1. The Morgan fingerprint density at radius 1 is 1.06 bits per heavy atom. The van der Waals surface area contributed by atoms with Crippen LogP contribution in [0.3, 0.4) is 0 Å². The fourth-order valence-corrected chi connectivity index (χ4v) is 1.89. The van der Waals surface area contributed by atoms with Gasteiger partial charge >= 0.3 is 0 Å². The van der Waals surface area contributed by atoms with E-state index in [0.29, 0.717) is 5.28 Å². The first kappa shape index (κ1) is 12.1. The van der Waals surface area contributed by atoms with E-state index < -0.39 is 0 Å². The maximum atomic E-state index is 6.11. The van der Waals surface area contributed by atoms with E-state index in [4.69, 9.17) is 11.6 Å². The summed E-state index contributed by atoms with van der Waals surface area (Å²) in [5.74, 6) is 0.867. The summed E-state index contributed by atoms with van der Waals surface area (Å²) >= 11 is 6.11. The quantitative estimate of drug-likeness (QED) is 0.774. The summed E-state index contributed by atoms with van der Waals surface area (Å²) < 4.78 is 1.89. The van der Waals surface area contributed by atoms with E-state index in [9.17, 15) is 0 Å². The minimum atomic E-state index is -0.0922. The lowest BCUT2D eigenvalue weighted by molar-refractivity contribution is 0.533. The first-order chi connectivity index (χ1) is 7.89. The van der Waals surface area contributed by atoms with E-state index in [1.807, 2.05) is 16.7 Å². The first-order valence-electron chi connectivity index (χ1n) is 5.58. The van der Waals surface area contributed by atoms with Crippen LogP contribution in [-0.2, 0) is 5.41 Å². The zero-order valence-electron chi connectivity index (χ0n) is 10.5. The molecule has 0 N–H and O–H groups in total. The number of aromatic nitrogens is 3. The molecule has 2 aromatic rings. The highest BCUT2D eigenvalue weighted by molar-refractivity contribution is 6.28. The van der Waals surface area contributed by atoms with E-state index in [1.54, 1.807) is 0 Å².